The van der Waals surface area contributed by atoms with Crippen molar-refractivity contribution in [1.29, 1.82) is 0 Å². The van der Waals surface area contributed by atoms with Crippen LogP contribution in [0.5, 0.6) is 0 Å². The number of carbonyl (C=O) groups excluding carboxylic acids is 2. The quantitative estimate of drug-likeness (QED) is 0.629. The SMILES string of the molecule is C=C/C=C\c1cc(N2CCN(C(=O)C=C)CC2=O)oc1C. The predicted octanol–water partition coefficient (Wildman–Crippen LogP) is 2.15. The van der Waals surface area contributed by atoms with Gasteiger partial charge in [0.25, 0.3) is 0 Å². The third-order valence-electron chi connectivity index (χ3n) is 3.33. The molecule has 5 nitrogen and oxygen atoms in total. The summed E-state index contributed by atoms with van der Waals surface area (Å²) in [6.07, 6.45) is 6.58. The van der Waals surface area contributed by atoms with Crippen molar-refractivity contribution in [3.63, 3.8) is 0 Å². The van der Waals surface area contributed by atoms with Crippen molar-refractivity contribution in [3.05, 3.63) is 48.8 Å². The fourth-order valence-electron chi connectivity index (χ4n) is 2.17. The molecule has 21 heavy (non-hydrogen) atoms. The van der Waals surface area contributed by atoms with Gasteiger partial charge in [-0.25, -0.2) is 0 Å². The van der Waals surface area contributed by atoms with Crippen molar-refractivity contribution in [2.45, 2.75) is 6.92 Å². The molecule has 0 bridgehead atoms. The summed E-state index contributed by atoms with van der Waals surface area (Å²) in [6.45, 7) is 9.82. The molecule has 0 aliphatic carbocycles. The van der Waals surface area contributed by atoms with Crippen LogP contribution in [-0.4, -0.2) is 36.3 Å². The molecule has 0 saturated carbocycles. The molecule has 0 unspecified atom stereocenters. The minimum atomic E-state index is -0.228. The van der Waals surface area contributed by atoms with Crippen LogP contribution in [0.3, 0.4) is 0 Å². The van der Waals surface area contributed by atoms with Crippen LogP contribution < -0.4 is 4.90 Å². The van der Waals surface area contributed by atoms with Gasteiger partial charge < -0.3 is 9.32 Å². The number of allylic oxidation sites excluding steroid dienone is 2. The molecular formula is C16H18N2O3. The summed E-state index contributed by atoms with van der Waals surface area (Å²) in [5.41, 5.74) is 0.905. The molecule has 2 rings (SSSR count). The number of carbonyl (C=O) groups is 2. The van der Waals surface area contributed by atoms with Gasteiger partial charge in [-0.3, -0.25) is 14.5 Å². The monoisotopic (exact) mass is 286 g/mol. The van der Waals surface area contributed by atoms with Crippen LogP contribution in [0.4, 0.5) is 5.88 Å². The molecular weight excluding hydrogens is 268 g/mol. The standard InChI is InChI=1S/C16H18N2O3/c1-4-6-7-13-10-16(21-12(13)3)18-9-8-17(11-15(18)20)14(19)5-2/h4-7,10H,1-2,8-9,11H2,3H3/b7-6-. The Morgan fingerprint density at radius 3 is 2.76 bits per heavy atom. The first-order valence-electron chi connectivity index (χ1n) is 6.68. The first-order chi connectivity index (χ1) is 10.1. The lowest BCUT2D eigenvalue weighted by atomic mass is 10.2. The maximum Gasteiger partial charge on any atom is 0.248 e. The highest BCUT2D eigenvalue weighted by atomic mass is 16.4. The van der Waals surface area contributed by atoms with Crippen LogP contribution in [0.25, 0.3) is 6.08 Å². The van der Waals surface area contributed by atoms with Gasteiger partial charge in [0, 0.05) is 24.7 Å². The van der Waals surface area contributed by atoms with E-state index >= 15 is 0 Å². The lowest BCUT2D eigenvalue weighted by Gasteiger charge is -2.32. The Bertz CT molecular complexity index is 613. The Morgan fingerprint density at radius 1 is 1.38 bits per heavy atom. The second-order valence-corrected chi connectivity index (χ2v) is 4.70. The summed E-state index contributed by atoms with van der Waals surface area (Å²) < 4.78 is 5.64. The molecule has 1 aromatic rings. The minimum Gasteiger partial charge on any atom is -0.445 e. The average molecular weight is 286 g/mol. The van der Waals surface area contributed by atoms with Crippen molar-refractivity contribution in [2.75, 3.05) is 24.5 Å². The summed E-state index contributed by atoms with van der Waals surface area (Å²) >= 11 is 0. The first-order valence-corrected chi connectivity index (χ1v) is 6.68. The first kappa shape index (κ1) is 14.8. The van der Waals surface area contributed by atoms with Crippen LogP contribution in [0.15, 0.2) is 41.9 Å². The molecule has 0 spiro atoms. The molecule has 1 aliphatic rings. The fraction of sp³-hybridized carbons (Fsp3) is 0.250. The zero-order valence-corrected chi connectivity index (χ0v) is 12.0. The zero-order chi connectivity index (χ0) is 15.4. The Morgan fingerprint density at radius 2 is 2.14 bits per heavy atom. The smallest absolute Gasteiger partial charge is 0.248 e. The van der Waals surface area contributed by atoms with Crippen LogP contribution in [0.2, 0.25) is 0 Å². The van der Waals surface area contributed by atoms with Gasteiger partial charge in [0.2, 0.25) is 17.7 Å². The lowest BCUT2D eigenvalue weighted by Crippen LogP contribution is -2.52. The molecule has 1 saturated heterocycles. The van der Waals surface area contributed by atoms with Crippen molar-refractivity contribution >= 4 is 23.8 Å². The van der Waals surface area contributed by atoms with E-state index in [-0.39, 0.29) is 18.4 Å². The number of anilines is 1. The number of aryl methyl sites for hydroxylation is 1. The second-order valence-electron chi connectivity index (χ2n) is 4.70. The van der Waals surface area contributed by atoms with E-state index in [2.05, 4.69) is 13.2 Å². The molecule has 1 fully saturated rings. The maximum absolute atomic E-state index is 12.2. The normalized spacial score (nSPS) is 15.6. The molecule has 0 radical (unpaired) electrons. The van der Waals surface area contributed by atoms with Gasteiger partial charge in [0.1, 0.15) is 12.3 Å². The number of nitrogens with zero attached hydrogens (tertiary/aromatic N) is 2. The topological polar surface area (TPSA) is 53.8 Å². The molecule has 2 heterocycles. The predicted molar refractivity (Wildman–Crippen MR) is 81.8 cm³/mol. The molecule has 5 heteroatoms. The van der Waals surface area contributed by atoms with Gasteiger partial charge in [-0.15, -0.1) is 0 Å². The zero-order valence-electron chi connectivity index (χ0n) is 12.0. The van der Waals surface area contributed by atoms with Crippen LogP contribution in [0.1, 0.15) is 11.3 Å². The van der Waals surface area contributed by atoms with Crippen molar-refractivity contribution in [2.24, 2.45) is 0 Å². The summed E-state index contributed by atoms with van der Waals surface area (Å²) in [5.74, 6) is 0.852. The van der Waals surface area contributed by atoms with E-state index in [1.165, 1.54) is 11.0 Å². The Kier molecular flexibility index (Phi) is 4.42. The molecule has 0 aromatic carbocycles. The Balaban J connectivity index is 2.15. The number of piperazine rings is 1. The van der Waals surface area contributed by atoms with E-state index in [0.717, 1.165) is 11.3 Å². The summed E-state index contributed by atoms with van der Waals surface area (Å²) in [6, 6.07) is 1.82. The highest BCUT2D eigenvalue weighted by molar-refractivity contribution is 5.98. The lowest BCUT2D eigenvalue weighted by molar-refractivity contribution is -0.133. The summed E-state index contributed by atoms with van der Waals surface area (Å²) in [5, 5.41) is 0. The third-order valence-corrected chi connectivity index (χ3v) is 3.33. The second kappa shape index (κ2) is 6.26. The minimum absolute atomic E-state index is 0.0441. The number of furan rings is 1. The largest absolute Gasteiger partial charge is 0.445 e. The number of amides is 2. The van der Waals surface area contributed by atoms with E-state index < -0.39 is 0 Å². The number of rotatable bonds is 4. The van der Waals surface area contributed by atoms with Gasteiger partial charge >= 0.3 is 0 Å². The van der Waals surface area contributed by atoms with Gasteiger partial charge in [-0.05, 0) is 13.0 Å². The van der Waals surface area contributed by atoms with Gasteiger partial charge in [-0.2, -0.15) is 0 Å². The van der Waals surface area contributed by atoms with Crippen molar-refractivity contribution in [3.8, 4) is 0 Å². The van der Waals surface area contributed by atoms with Gasteiger partial charge in [0.15, 0.2) is 0 Å². The van der Waals surface area contributed by atoms with E-state index in [1.807, 2.05) is 25.1 Å². The highest BCUT2D eigenvalue weighted by Gasteiger charge is 2.29. The van der Waals surface area contributed by atoms with Crippen LogP contribution in [0, 0.1) is 6.92 Å². The van der Waals surface area contributed by atoms with Crippen molar-refractivity contribution < 1.29 is 14.0 Å². The summed E-state index contributed by atoms with van der Waals surface area (Å²) in [4.78, 5) is 26.7. The molecule has 2 amide bonds. The van der Waals surface area contributed by atoms with Gasteiger partial charge in [0.05, 0.1) is 0 Å². The molecule has 0 N–H and O–H groups in total. The van der Waals surface area contributed by atoms with E-state index in [9.17, 15) is 9.59 Å². The van der Waals surface area contributed by atoms with E-state index in [1.54, 1.807) is 11.0 Å². The highest BCUT2D eigenvalue weighted by Crippen LogP contribution is 2.25. The van der Waals surface area contributed by atoms with Crippen LogP contribution >= 0.6 is 0 Å². The van der Waals surface area contributed by atoms with Crippen molar-refractivity contribution in [1.82, 2.24) is 4.90 Å². The number of hydrogen-bond donors (Lipinski definition) is 0. The molecule has 1 aliphatic heterocycles. The maximum atomic E-state index is 12.2. The molecule has 0 atom stereocenters. The Hall–Kier alpha value is -2.56. The van der Waals surface area contributed by atoms with E-state index in [4.69, 9.17) is 4.42 Å². The molecule has 110 valence electrons. The molecule has 1 aromatic heterocycles. The van der Waals surface area contributed by atoms with E-state index in [0.29, 0.717) is 19.0 Å². The average Bonchev–Trinajstić information content (AvgIpc) is 2.84. The third kappa shape index (κ3) is 3.13. The van der Waals surface area contributed by atoms with Gasteiger partial charge in [-0.1, -0.05) is 31.4 Å². The van der Waals surface area contributed by atoms with Crippen LogP contribution in [-0.2, 0) is 9.59 Å². The Labute approximate surface area is 123 Å². The number of hydrogen-bond acceptors (Lipinski definition) is 3. The fourth-order valence-corrected chi connectivity index (χ4v) is 2.17. The summed E-state index contributed by atoms with van der Waals surface area (Å²) in [7, 11) is 0.